The predicted molar refractivity (Wildman–Crippen MR) is 373 cm³/mol. The molecule has 22 nitrogen and oxygen atoms in total. The Bertz CT molecular complexity index is 1810. The van der Waals surface area contributed by atoms with Crippen LogP contribution >= 0.6 is 0 Å². The number of carbonyl (C=O) groups is 1. The fraction of sp³-hybridized carbons (Fsp3) is 0.800. The van der Waals surface area contributed by atoms with Gasteiger partial charge in [-0.25, -0.2) is 0 Å². The minimum Gasteiger partial charge on any atom is -0.465 e. The van der Waals surface area contributed by atoms with Crippen molar-refractivity contribution in [3.8, 4) is 0 Å². The average molecular weight is 1370 g/mol. The number of hydrogen-bond acceptors (Lipinski definition) is 22. The molecule has 0 saturated carbocycles. The first kappa shape index (κ1) is 90.9. The summed E-state index contributed by atoms with van der Waals surface area (Å²) in [6, 6.07) is 24.0. The second kappa shape index (κ2) is 61.4. The summed E-state index contributed by atoms with van der Waals surface area (Å²) in [5, 5.41) is 0. The van der Waals surface area contributed by atoms with Crippen LogP contribution in [0.1, 0.15) is 142 Å². The number of para-hydroxylation sites is 1. The second-order valence-corrected chi connectivity index (χ2v) is 31.2. The Balaban J connectivity index is 0. The van der Waals surface area contributed by atoms with Crippen molar-refractivity contribution in [1.29, 1.82) is 0 Å². The molecule has 0 aliphatic rings. The molecule has 0 aliphatic heterocycles. The summed E-state index contributed by atoms with van der Waals surface area (Å²) in [6.45, 7) is 48.3. The molecule has 0 aliphatic carbocycles. The maximum Gasteiger partial charge on any atom is 0.501 e. The summed E-state index contributed by atoms with van der Waals surface area (Å²) in [4.78, 5) is 20.2. The lowest BCUT2D eigenvalue weighted by molar-refractivity contribution is -0.146. The van der Waals surface area contributed by atoms with Crippen molar-refractivity contribution < 1.29 is 81.6 Å². The molecule has 91 heavy (non-hydrogen) atoms. The minimum atomic E-state index is -2.64. The highest BCUT2D eigenvalue weighted by atomic mass is 28.4. The number of rotatable bonds is 57. The molecule has 0 unspecified atom stereocenters. The van der Waals surface area contributed by atoms with E-state index in [1.54, 1.807) is 4.90 Å². The lowest BCUT2D eigenvalue weighted by Gasteiger charge is -2.30. The Kier molecular flexibility index (Phi) is 61.3. The van der Waals surface area contributed by atoms with Crippen molar-refractivity contribution in [2.75, 3.05) is 184 Å². The largest absolute Gasteiger partial charge is 0.501 e. The van der Waals surface area contributed by atoms with E-state index >= 15 is 0 Å². The fourth-order valence-electron chi connectivity index (χ4n) is 9.28. The molecule has 0 atom stereocenters. The summed E-state index contributed by atoms with van der Waals surface area (Å²) >= 11 is 0. The van der Waals surface area contributed by atoms with Gasteiger partial charge in [0.25, 0.3) is 0 Å². The maximum atomic E-state index is 11.7. The molecule has 0 N–H and O–H groups in total. The van der Waals surface area contributed by atoms with E-state index < -0.39 is 35.2 Å². The van der Waals surface area contributed by atoms with Crippen molar-refractivity contribution >= 4 is 46.9 Å². The molecule has 0 bridgehead atoms. The Hall–Kier alpha value is -2.18. The molecule has 2 aromatic rings. The lowest BCUT2D eigenvalue weighted by atomic mass is 10.2. The highest BCUT2D eigenvalue weighted by molar-refractivity contribution is 6.61. The Morgan fingerprint density at radius 1 is 0.352 bits per heavy atom. The summed E-state index contributed by atoms with van der Waals surface area (Å²) in [5.74, 6) is -0.260. The molecular weight excluding hydrogens is 1240 g/mol. The summed E-state index contributed by atoms with van der Waals surface area (Å²) in [6.07, 6.45) is 3.56. The van der Waals surface area contributed by atoms with Gasteiger partial charge < -0.3 is 81.7 Å². The third-order valence-corrected chi connectivity index (χ3v) is 25.5. The van der Waals surface area contributed by atoms with Crippen LogP contribution in [0.3, 0.4) is 0 Å². The number of anilines is 1. The van der Waals surface area contributed by atoms with Crippen molar-refractivity contribution in [3.63, 3.8) is 0 Å². The number of hydrogen-bond donors (Lipinski definition) is 0. The topological polar surface area (TPSA) is 187 Å². The van der Waals surface area contributed by atoms with E-state index in [1.807, 2.05) is 142 Å². The van der Waals surface area contributed by atoms with Crippen LogP contribution in [0.5, 0.6) is 0 Å². The van der Waals surface area contributed by atoms with Gasteiger partial charge in [0.2, 0.25) is 0 Å². The van der Waals surface area contributed by atoms with E-state index in [2.05, 4.69) is 58.1 Å². The molecule has 0 spiro atoms. The molecule has 26 heteroatoms. The average Bonchev–Trinajstić information content (AvgIpc) is 2.93. The highest BCUT2D eigenvalue weighted by Crippen LogP contribution is 2.23. The van der Waals surface area contributed by atoms with Gasteiger partial charge >= 0.3 is 41.2 Å². The van der Waals surface area contributed by atoms with Gasteiger partial charge in [0.1, 0.15) is 6.73 Å². The van der Waals surface area contributed by atoms with Crippen LogP contribution in [0.15, 0.2) is 60.7 Å². The number of ether oxygens (including phenoxy) is 5. The molecule has 2 aromatic carbocycles. The van der Waals surface area contributed by atoms with Crippen molar-refractivity contribution in [1.82, 2.24) is 14.7 Å². The molecule has 0 saturated heterocycles. The fourth-order valence-corrected chi connectivity index (χ4v) is 19.6. The third-order valence-electron chi connectivity index (χ3n) is 12.9. The molecule has 0 amide bonds. The van der Waals surface area contributed by atoms with Crippen LogP contribution in [-0.4, -0.2) is 235 Å². The highest BCUT2D eigenvalue weighted by Gasteiger charge is 2.42. The van der Waals surface area contributed by atoms with E-state index in [4.69, 9.17) is 76.8 Å². The first-order valence-electron chi connectivity index (χ1n) is 34.1. The zero-order valence-electron chi connectivity index (χ0n) is 60.5. The van der Waals surface area contributed by atoms with E-state index in [0.29, 0.717) is 138 Å². The predicted octanol–water partition coefficient (Wildman–Crippen LogP) is 12.1. The van der Waals surface area contributed by atoms with E-state index in [1.165, 1.54) is 11.3 Å². The molecule has 0 heterocycles. The molecule has 0 fully saturated rings. The molecule has 0 aromatic heterocycles. The molecule has 0 radical (unpaired) electrons. The normalized spacial score (nSPS) is 12.0. The number of carbonyl (C=O) groups excluding carboxylic acids is 1. The summed E-state index contributed by atoms with van der Waals surface area (Å²) in [7, 11) is -6.35. The standard InChI is InChI=1S/C19H35NO4Si.C18H33NO4Si.C15H33NO6Si.C13H31NO4Si/c1-5-21-18-20(17-19-13-10-9-11-14-19)15-12-16-25(22-6-2,23-7-3)24-8-4;1-5-20-17-19(18-13-10-9-11-14-18)15-12-16-24(21-6-2,22-7-3)23-8-4;1-6-18-14-16(5)13-15(17)19-11-10-12-23(20-7-2,21-8-3)22-9-4;1-6-15-13-14(5)11-10-12-19(16-7-2,17-8-3)18-9-4/h9-11,13-14H,5-8,12,15-18H2,1-4H3;9-11,13-14H,5-8,12,15-17H2,1-4H3;6-14H2,1-5H3;6-13H2,1-5H3. The monoisotopic (exact) mass is 1370 g/mol. The van der Waals surface area contributed by atoms with Crippen molar-refractivity contribution in [2.24, 2.45) is 0 Å². The maximum absolute atomic E-state index is 11.7. The van der Waals surface area contributed by atoms with Gasteiger partial charge in [-0.2, -0.15) is 0 Å². The molecule has 2 rings (SSSR count). The Labute approximate surface area is 558 Å². The van der Waals surface area contributed by atoms with Crippen LogP contribution in [-0.2, 0) is 88.1 Å². The number of nitrogens with zero attached hydrogens (tertiary/aromatic N) is 4. The number of likely N-dealkylation sites (N-methyl/N-ethyl adjacent to an activating group) is 1. The Morgan fingerprint density at radius 2 is 0.670 bits per heavy atom. The summed E-state index contributed by atoms with van der Waals surface area (Å²) in [5.41, 5.74) is 2.47. The molecule has 536 valence electrons. The first-order valence-corrected chi connectivity index (χ1v) is 41.9. The quantitative estimate of drug-likeness (QED) is 0.0263. The zero-order valence-corrected chi connectivity index (χ0v) is 64.5. The van der Waals surface area contributed by atoms with Crippen LogP contribution in [0.4, 0.5) is 5.69 Å². The van der Waals surface area contributed by atoms with Gasteiger partial charge in [0, 0.05) is 155 Å². The van der Waals surface area contributed by atoms with E-state index in [9.17, 15) is 4.79 Å². The SMILES string of the molecule is CCOCN(C)CC(=O)OCCC[Si](OCC)(OCC)OCC.CCOCN(C)CCC[Si](OCC)(OCC)OCC.CCOCN(CCC[Si](OCC)(OCC)OCC)Cc1ccccc1.CCOCN(CCC[Si](OCC)(OCC)OCC)c1ccccc1. The van der Waals surface area contributed by atoms with E-state index in [0.717, 1.165) is 76.8 Å². The van der Waals surface area contributed by atoms with Gasteiger partial charge in [-0.15, -0.1) is 0 Å². The van der Waals surface area contributed by atoms with E-state index in [-0.39, 0.29) is 12.5 Å². The third kappa shape index (κ3) is 45.8. The smallest absolute Gasteiger partial charge is 0.465 e. The lowest BCUT2D eigenvalue weighted by Crippen LogP contribution is -2.46. The van der Waals surface area contributed by atoms with Crippen LogP contribution in [0.2, 0.25) is 24.2 Å². The van der Waals surface area contributed by atoms with Gasteiger partial charge in [-0.1, -0.05) is 48.5 Å². The number of esters is 1. The van der Waals surface area contributed by atoms with Gasteiger partial charge in [0.05, 0.1) is 33.3 Å². The summed E-state index contributed by atoms with van der Waals surface area (Å²) < 4.78 is 97.4. The minimum absolute atomic E-state index is 0.213. The van der Waals surface area contributed by atoms with Crippen LogP contribution < -0.4 is 4.90 Å². The van der Waals surface area contributed by atoms with Crippen molar-refractivity contribution in [3.05, 3.63) is 66.2 Å². The van der Waals surface area contributed by atoms with Crippen LogP contribution in [0, 0.1) is 0 Å². The van der Waals surface area contributed by atoms with Gasteiger partial charge in [-0.05, 0) is 175 Å². The van der Waals surface area contributed by atoms with Gasteiger partial charge in [-0.3, -0.25) is 19.5 Å². The second-order valence-electron chi connectivity index (χ2n) is 20.3. The van der Waals surface area contributed by atoms with Gasteiger partial charge in [0.15, 0.2) is 0 Å². The molecular formula is C65H132N4O18Si4. The Morgan fingerprint density at radius 3 is 1.04 bits per heavy atom. The number of benzene rings is 2. The first-order chi connectivity index (χ1) is 44.1. The van der Waals surface area contributed by atoms with Crippen LogP contribution in [0.25, 0.3) is 0 Å². The van der Waals surface area contributed by atoms with Crippen molar-refractivity contribution in [2.45, 2.75) is 167 Å². The zero-order chi connectivity index (χ0) is 68.2.